The molecule has 0 fully saturated rings. The average molecular weight is 267 g/mol. The molecule has 0 saturated heterocycles. The van der Waals surface area contributed by atoms with Crippen molar-refractivity contribution in [2.24, 2.45) is 0 Å². The van der Waals surface area contributed by atoms with E-state index in [-0.39, 0.29) is 6.42 Å². The van der Waals surface area contributed by atoms with Gasteiger partial charge in [-0.2, -0.15) is 31.6 Å². The number of hydrogen-bond donors (Lipinski definition) is 0. The SMILES string of the molecule is N#CCc1ccc(C(C(F)(F)F)C(F)(F)F)cc1. The van der Waals surface area contributed by atoms with E-state index in [1.165, 1.54) is 0 Å². The Morgan fingerprint density at radius 3 is 1.72 bits per heavy atom. The van der Waals surface area contributed by atoms with Crippen molar-refractivity contribution in [1.29, 1.82) is 5.26 Å². The highest BCUT2D eigenvalue weighted by molar-refractivity contribution is 5.28. The van der Waals surface area contributed by atoms with Gasteiger partial charge in [0.05, 0.1) is 12.5 Å². The highest BCUT2D eigenvalue weighted by atomic mass is 19.4. The first-order chi connectivity index (χ1) is 8.16. The lowest BCUT2D eigenvalue weighted by molar-refractivity contribution is -0.253. The fourth-order valence-electron chi connectivity index (χ4n) is 1.48. The summed E-state index contributed by atoms with van der Waals surface area (Å²) in [4.78, 5) is 0. The van der Waals surface area contributed by atoms with Gasteiger partial charge in [0, 0.05) is 0 Å². The molecule has 0 aromatic heterocycles. The Bertz CT molecular complexity index is 423. The molecule has 0 atom stereocenters. The maximum atomic E-state index is 12.4. The molecule has 1 aromatic rings. The monoisotopic (exact) mass is 267 g/mol. The second kappa shape index (κ2) is 4.88. The first-order valence-electron chi connectivity index (χ1n) is 4.75. The summed E-state index contributed by atoms with van der Waals surface area (Å²) >= 11 is 0. The largest absolute Gasteiger partial charge is 0.404 e. The van der Waals surface area contributed by atoms with Crippen LogP contribution in [0.4, 0.5) is 26.3 Å². The van der Waals surface area contributed by atoms with Gasteiger partial charge in [-0.1, -0.05) is 24.3 Å². The van der Waals surface area contributed by atoms with E-state index in [0.717, 1.165) is 24.3 Å². The minimum Gasteiger partial charge on any atom is -0.198 e. The fourth-order valence-corrected chi connectivity index (χ4v) is 1.48. The van der Waals surface area contributed by atoms with E-state index in [1.807, 2.05) is 0 Å². The van der Waals surface area contributed by atoms with Gasteiger partial charge >= 0.3 is 12.4 Å². The Balaban J connectivity index is 3.12. The zero-order chi connectivity index (χ0) is 14.0. The van der Waals surface area contributed by atoms with Gasteiger partial charge < -0.3 is 0 Å². The minimum absolute atomic E-state index is 0.0665. The van der Waals surface area contributed by atoms with Crippen LogP contribution in [0.2, 0.25) is 0 Å². The van der Waals surface area contributed by atoms with Crippen molar-refractivity contribution in [2.45, 2.75) is 24.7 Å². The lowest BCUT2D eigenvalue weighted by Gasteiger charge is -2.23. The third-order valence-electron chi connectivity index (χ3n) is 2.25. The summed E-state index contributed by atoms with van der Waals surface area (Å²) in [6.07, 6.45) is -10.9. The zero-order valence-electron chi connectivity index (χ0n) is 8.81. The molecule has 0 aliphatic heterocycles. The normalized spacial score (nSPS) is 12.6. The number of nitrogens with zero attached hydrogens (tertiary/aromatic N) is 1. The van der Waals surface area contributed by atoms with Gasteiger partial charge in [0.25, 0.3) is 0 Å². The second-order valence-corrected chi connectivity index (χ2v) is 3.59. The number of hydrogen-bond acceptors (Lipinski definition) is 1. The predicted octanol–water partition coefficient (Wildman–Crippen LogP) is 3.96. The number of halogens is 6. The van der Waals surface area contributed by atoms with Crippen molar-refractivity contribution in [1.82, 2.24) is 0 Å². The van der Waals surface area contributed by atoms with Gasteiger partial charge in [-0.25, -0.2) is 0 Å². The molecule has 1 rings (SSSR count). The number of nitriles is 1. The molecule has 0 aliphatic rings. The van der Waals surface area contributed by atoms with E-state index >= 15 is 0 Å². The molecule has 0 N–H and O–H groups in total. The third kappa shape index (κ3) is 3.39. The maximum Gasteiger partial charge on any atom is 0.404 e. The molecule has 0 amide bonds. The molecule has 0 unspecified atom stereocenters. The van der Waals surface area contributed by atoms with Crippen molar-refractivity contribution in [3.8, 4) is 6.07 Å². The topological polar surface area (TPSA) is 23.8 Å². The number of benzene rings is 1. The van der Waals surface area contributed by atoms with Gasteiger partial charge in [-0.3, -0.25) is 0 Å². The van der Waals surface area contributed by atoms with E-state index in [1.54, 1.807) is 6.07 Å². The van der Waals surface area contributed by atoms with E-state index < -0.39 is 23.8 Å². The minimum atomic E-state index is -5.39. The molecule has 0 saturated carbocycles. The Labute approximate surface area is 98.6 Å². The lowest BCUT2D eigenvalue weighted by Crippen LogP contribution is -2.34. The van der Waals surface area contributed by atoms with Crippen LogP contribution in [0, 0.1) is 11.3 Å². The van der Waals surface area contributed by atoms with Crippen LogP contribution in [0.15, 0.2) is 24.3 Å². The van der Waals surface area contributed by atoms with Crippen molar-refractivity contribution in [2.75, 3.05) is 0 Å². The van der Waals surface area contributed by atoms with E-state index in [9.17, 15) is 26.3 Å². The maximum absolute atomic E-state index is 12.4. The molecular formula is C11H7F6N. The highest BCUT2D eigenvalue weighted by Crippen LogP contribution is 2.46. The number of rotatable bonds is 2. The molecule has 1 aromatic carbocycles. The smallest absolute Gasteiger partial charge is 0.198 e. The van der Waals surface area contributed by atoms with Crippen LogP contribution in [-0.2, 0) is 6.42 Å². The van der Waals surface area contributed by atoms with Crippen LogP contribution in [0.3, 0.4) is 0 Å². The van der Waals surface area contributed by atoms with Crippen molar-refractivity contribution < 1.29 is 26.3 Å². The highest BCUT2D eigenvalue weighted by Gasteiger charge is 2.57. The summed E-state index contributed by atoms with van der Waals surface area (Å²) in [5.74, 6) is -3.50. The van der Waals surface area contributed by atoms with Crippen LogP contribution in [-0.4, -0.2) is 12.4 Å². The molecule has 0 spiro atoms. The predicted molar refractivity (Wildman–Crippen MR) is 50.6 cm³/mol. The standard InChI is InChI=1S/C11H7F6N/c12-10(13,14)9(11(15,16)17)8-3-1-7(2-4-8)5-6-18/h1-4,9H,5H2. The quantitative estimate of drug-likeness (QED) is 0.744. The van der Waals surface area contributed by atoms with Gasteiger partial charge in [0.2, 0.25) is 0 Å². The summed E-state index contributed by atoms with van der Waals surface area (Å²) in [6.45, 7) is 0. The second-order valence-electron chi connectivity index (χ2n) is 3.59. The molecule has 0 bridgehead atoms. The Morgan fingerprint density at radius 1 is 0.944 bits per heavy atom. The Kier molecular flexibility index (Phi) is 3.89. The van der Waals surface area contributed by atoms with Gasteiger partial charge in [-0.05, 0) is 11.1 Å². The summed E-state index contributed by atoms with van der Waals surface area (Å²) in [5.41, 5.74) is -0.513. The Hall–Kier alpha value is -1.71. The summed E-state index contributed by atoms with van der Waals surface area (Å²) in [7, 11) is 0. The van der Waals surface area contributed by atoms with Crippen molar-refractivity contribution in [3.63, 3.8) is 0 Å². The number of alkyl halides is 6. The molecule has 0 aliphatic carbocycles. The molecule has 18 heavy (non-hydrogen) atoms. The Morgan fingerprint density at radius 2 is 1.39 bits per heavy atom. The van der Waals surface area contributed by atoms with E-state index in [2.05, 4.69) is 0 Å². The third-order valence-corrected chi connectivity index (χ3v) is 2.25. The molecule has 0 heterocycles. The fraction of sp³-hybridized carbons (Fsp3) is 0.364. The van der Waals surface area contributed by atoms with Crippen molar-refractivity contribution >= 4 is 0 Å². The molecule has 1 nitrogen and oxygen atoms in total. The average Bonchev–Trinajstić information content (AvgIpc) is 2.17. The lowest BCUT2D eigenvalue weighted by atomic mass is 9.96. The van der Waals surface area contributed by atoms with Crippen LogP contribution in [0.1, 0.15) is 17.0 Å². The summed E-state index contributed by atoms with van der Waals surface area (Å²) < 4.78 is 74.3. The van der Waals surface area contributed by atoms with Crippen molar-refractivity contribution in [3.05, 3.63) is 35.4 Å². The molecule has 0 radical (unpaired) electrons. The summed E-state index contributed by atoms with van der Waals surface area (Å²) in [5, 5.41) is 8.35. The first kappa shape index (κ1) is 14.4. The van der Waals surface area contributed by atoms with Crippen LogP contribution in [0.5, 0.6) is 0 Å². The zero-order valence-corrected chi connectivity index (χ0v) is 8.81. The van der Waals surface area contributed by atoms with Crippen LogP contribution < -0.4 is 0 Å². The molecule has 7 heteroatoms. The first-order valence-corrected chi connectivity index (χ1v) is 4.75. The van der Waals surface area contributed by atoms with Gasteiger partial charge in [0.1, 0.15) is 0 Å². The van der Waals surface area contributed by atoms with Gasteiger partial charge in [0.15, 0.2) is 5.92 Å². The van der Waals surface area contributed by atoms with Crippen LogP contribution >= 0.6 is 0 Å². The van der Waals surface area contributed by atoms with E-state index in [4.69, 9.17) is 5.26 Å². The molecular weight excluding hydrogens is 260 g/mol. The van der Waals surface area contributed by atoms with Gasteiger partial charge in [-0.15, -0.1) is 0 Å². The van der Waals surface area contributed by atoms with Crippen LogP contribution in [0.25, 0.3) is 0 Å². The molecule has 98 valence electrons. The summed E-state index contributed by atoms with van der Waals surface area (Å²) in [6, 6.07) is 5.42. The van der Waals surface area contributed by atoms with E-state index in [0.29, 0.717) is 5.56 Å².